The highest BCUT2D eigenvalue weighted by atomic mass is 14.2. The first-order chi connectivity index (χ1) is 24.8. The van der Waals surface area contributed by atoms with Gasteiger partial charge < -0.3 is 0 Å². The van der Waals surface area contributed by atoms with Crippen molar-refractivity contribution in [2.75, 3.05) is 0 Å². The van der Waals surface area contributed by atoms with Crippen LogP contribution >= 0.6 is 0 Å². The molecule has 0 aliphatic heterocycles. The Morgan fingerprint density at radius 2 is 0.660 bits per heavy atom. The Balaban J connectivity index is 1.27. The predicted octanol–water partition coefficient (Wildman–Crippen LogP) is 14.1. The van der Waals surface area contributed by atoms with Gasteiger partial charge in [-0.15, -0.1) is 0 Å². The van der Waals surface area contributed by atoms with Crippen molar-refractivity contribution >= 4 is 53.9 Å². The van der Waals surface area contributed by atoms with Crippen LogP contribution < -0.4 is 0 Å². The lowest BCUT2D eigenvalue weighted by atomic mass is 9.83. The molecule has 0 saturated heterocycles. The van der Waals surface area contributed by atoms with Crippen LogP contribution in [0.4, 0.5) is 0 Å². The van der Waals surface area contributed by atoms with Crippen LogP contribution in [-0.2, 0) is 0 Å². The van der Waals surface area contributed by atoms with Crippen molar-refractivity contribution in [3.8, 4) is 44.5 Å². The minimum atomic E-state index is 1.22. The molecular formula is C50H32. The summed E-state index contributed by atoms with van der Waals surface area (Å²) in [5.74, 6) is 0. The van der Waals surface area contributed by atoms with Gasteiger partial charge >= 0.3 is 0 Å². The Kier molecular flexibility index (Phi) is 6.60. The van der Waals surface area contributed by atoms with E-state index >= 15 is 0 Å². The highest BCUT2D eigenvalue weighted by molar-refractivity contribution is 6.22. The van der Waals surface area contributed by atoms with Gasteiger partial charge in [0.05, 0.1) is 0 Å². The summed E-state index contributed by atoms with van der Waals surface area (Å²) < 4.78 is 0. The highest BCUT2D eigenvalue weighted by Crippen LogP contribution is 2.46. The number of benzene rings is 10. The monoisotopic (exact) mass is 632 g/mol. The van der Waals surface area contributed by atoms with E-state index in [2.05, 4.69) is 194 Å². The van der Waals surface area contributed by atoms with Gasteiger partial charge in [-0.2, -0.15) is 0 Å². The van der Waals surface area contributed by atoms with Crippen molar-refractivity contribution in [2.24, 2.45) is 0 Å². The normalized spacial score (nSPS) is 11.6. The summed E-state index contributed by atoms with van der Waals surface area (Å²) >= 11 is 0. The summed E-state index contributed by atoms with van der Waals surface area (Å²) in [6.45, 7) is 0. The molecule has 0 nitrogen and oxygen atoms in total. The maximum Gasteiger partial charge on any atom is -0.00259 e. The van der Waals surface area contributed by atoms with Gasteiger partial charge in [0.1, 0.15) is 0 Å². The van der Waals surface area contributed by atoms with E-state index in [1.54, 1.807) is 0 Å². The molecule has 0 bridgehead atoms. The largest absolute Gasteiger partial charge is 0.0616 e. The number of hydrogen-bond donors (Lipinski definition) is 0. The summed E-state index contributed by atoms with van der Waals surface area (Å²) in [7, 11) is 0. The van der Waals surface area contributed by atoms with Gasteiger partial charge in [-0.3, -0.25) is 0 Å². The first-order valence-corrected chi connectivity index (χ1v) is 17.3. The molecule has 0 fully saturated rings. The molecule has 10 aromatic rings. The van der Waals surface area contributed by atoms with Crippen LogP contribution in [-0.4, -0.2) is 0 Å². The van der Waals surface area contributed by atoms with Gasteiger partial charge in [0, 0.05) is 0 Å². The molecule has 232 valence electrons. The Bertz CT molecular complexity index is 2920. The van der Waals surface area contributed by atoms with Crippen molar-refractivity contribution in [3.05, 3.63) is 194 Å². The molecule has 0 aliphatic carbocycles. The van der Waals surface area contributed by atoms with Crippen LogP contribution in [0.5, 0.6) is 0 Å². The third-order valence-corrected chi connectivity index (χ3v) is 10.4. The Morgan fingerprint density at radius 3 is 1.40 bits per heavy atom. The maximum atomic E-state index is 2.44. The summed E-state index contributed by atoms with van der Waals surface area (Å²) in [4.78, 5) is 0. The van der Waals surface area contributed by atoms with Crippen LogP contribution in [0.3, 0.4) is 0 Å². The van der Waals surface area contributed by atoms with Crippen molar-refractivity contribution in [2.45, 2.75) is 0 Å². The summed E-state index contributed by atoms with van der Waals surface area (Å²) in [6, 6.07) is 71.5. The number of hydrogen-bond acceptors (Lipinski definition) is 0. The third kappa shape index (κ3) is 4.69. The summed E-state index contributed by atoms with van der Waals surface area (Å²) in [5.41, 5.74) is 9.92. The fourth-order valence-electron chi connectivity index (χ4n) is 8.01. The molecular weight excluding hydrogens is 601 g/mol. The SMILES string of the molecule is c1cc(-c2ccc3ccccc3c2)cc(-c2c3ccccc3c(-c3ccc4ccccc4c3)c3cc(-c4cccc5ccccc45)ccc23)c1. The summed E-state index contributed by atoms with van der Waals surface area (Å²) in [5, 5.41) is 12.6. The molecule has 0 unspecified atom stereocenters. The van der Waals surface area contributed by atoms with E-state index < -0.39 is 0 Å². The molecule has 0 aliphatic rings. The van der Waals surface area contributed by atoms with Gasteiger partial charge in [0.25, 0.3) is 0 Å². The average molecular weight is 633 g/mol. The number of fused-ring (bicyclic) bond motifs is 5. The van der Waals surface area contributed by atoms with Crippen LogP contribution in [0.15, 0.2) is 194 Å². The highest BCUT2D eigenvalue weighted by Gasteiger charge is 2.19. The van der Waals surface area contributed by atoms with Gasteiger partial charge in [0.2, 0.25) is 0 Å². The lowest BCUT2D eigenvalue weighted by Gasteiger charge is -2.20. The zero-order chi connectivity index (χ0) is 33.0. The zero-order valence-electron chi connectivity index (χ0n) is 27.5. The van der Waals surface area contributed by atoms with Gasteiger partial charge in [-0.05, 0) is 123 Å². The molecule has 50 heavy (non-hydrogen) atoms. The molecule has 0 heterocycles. The van der Waals surface area contributed by atoms with Crippen molar-refractivity contribution in [1.82, 2.24) is 0 Å². The second-order valence-electron chi connectivity index (χ2n) is 13.3. The number of rotatable bonds is 4. The van der Waals surface area contributed by atoms with Crippen LogP contribution in [0, 0.1) is 0 Å². The maximum absolute atomic E-state index is 2.44. The molecule has 0 saturated carbocycles. The molecule has 0 amide bonds. The minimum Gasteiger partial charge on any atom is -0.0616 e. The smallest absolute Gasteiger partial charge is 0.00259 e. The quantitative estimate of drug-likeness (QED) is 0.169. The van der Waals surface area contributed by atoms with Crippen molar-refractivity contribution in [3.63, 3.8) is 0 Å². The van der Waals surface area contributed by atoms with Crippen LogP contribution in [0.2, 0.25) is 0 Å². The van der Waals surface area contributed by atoms with E-state index in [1.165, 1.54) is 98.4 Å². The lowest BCUT2D eigenvalue weighted by Crippen LogP contribution is -1.92. The molecule has 0 aromatic heterocycles. The molecule has 0 atom stereocenters. The summed E-state index contributed by atoms with van der Waals surface area (Å²) in [6.07, 6.45) is 0. The fraction of sp³-hybridized carbons (Fsp3) is 0. The zero-order valence-corrected chi connectivity index (χ0v) is 27.5. The lowest BCUT2D eigenvalue weighted by molar-refractivity contribution is 1.62. The van der Waals surface area contributed by atoms with E-state index in [0.29, 0.717) is 0 Å². The topological polar surface area (TPSA) is 0 Å². The molecule has 0 radical (unpaired) electrons. The van der Waals surface area contributed by atoms with Crippen molar-refractivity contribution in [1.29, 1.82) is 0 Å². The van der Waals surface area contributed by atoms with Crippen LogP contribution in [0.1, 0.15) is 0 Å². The van der Waals surface area contributed by atoms with E-state index in [9.17, 15) is 0 Å². The second-order valence-corrected chi connectivity index (χ2v) is 13.3. The van der Waals surface area contributed by atoms with Gasteiger partial charge in [-0.25, -0.2) is 0 Å². The van der Waals surface area contributed by atoms with Crippen molar-refractivity contribution < 1.29 is 0 Å². The minimum absolute atomic E-state index is 1.22. The average Bonchev–Trinajstić information content (AvgIpc) is 3.19. The predicted molar refractivity (Wildman–Crippen MR) is 216 cm³/mol. The van der Waals surface area contributed by atoms with Crippen LogP contribution in [0.25, 0.3) is 98.4 Å². The van der Waals surface area contributed by atoms with Gasteiger partial charge in [0.15, 0.2) is 0 Å². The Labute approximate surface area is 291 Å². The molecule has 10 rings (SSSR count). The van der Waals surface area contributed by atoms with Gasteiger partial charge in [-0.1, -0.05) is 170 Å². The molecule has 0 heteroatoms. The molecule has 0 spiro atoms. The van der Waals surface area contributed by atoms with E-state index in [-0.39, 0.29) is 0 Å². The molecule has 10 aromatic carbocycles. The fourth-order valence-corrected chi connectivity index (χ4v) is 8.01. The third-order valence-electron chi connectivity index (χ3n) is 10.4. The first-order valence-electron chi connectivity index (χ1n) is 17.3. The second kappa shape index (κ2) is 11.6. The molecule has 0 N–H and O–H groups in total. The Morgan fingerprint density at radius 1 is 0.200 bits per heavy atom. The van der Waals surface area contributed by atoms with E-state index in [4.69, 9.17) is 0 Å². The first kappa shape index (κ1) is 28.5. The van der Waals surface area contributed by atoms with E-state index in [1.807, 2.05) is 0 Å². The Hall–Kier alpha value is -6.50. The standard InChI is InChI=1S/C50H32/c1-3-14-36-29-39(25-23-33(36)11-1)38-17-9-18-41(31-38)49-45-20-7-8-21-46(45)50(42-26-24-34-12-2-4-15-37(34)30-42)48-32-40(27-28-47(48)49)44-22-10-16-35-13-5-6-19-43(35)44/h1-32H. The van der Waals surface area contributed by atoms with E-state index in [0.717, 1.165) is 0 Å².